The standard InChI is InChI=1S/C22H26N2O4/c1-15(2)16-5-7-17(8-6-16)22(3)20(25)24(21(26)23-22)13-14-28-19-11-9-18(27-4)10-12-19/h5-12,15H,13-14H2,1-4H3,(H,23,26). The first kappa shape index (κ1) is 19.7. The molecule has 0 spiro atoms. The number of carbonyl (C=O) groups is 2. The molecule has 1 aliphatic heterocycles. The summed E-state index contributed by atoms with van der Waals surface area (Å²) in [5.74, 6) is 1.52. The van der Waals surface area contributed by atoms with E-state index in [-0.39, 0.29) is 19.1 Å². The summed E-state index contributed by atoms with van der Waals surface area (Å²) >= 11 is 0. The lowest BCUT2D eigenvalue weighted by molar-refractivity contribution is -0.131. The van der Waals surface area contributed by atoms with E-state index in [1.54, 1.807) is 38.3 Å². The molecule has 6 heteroatoms. The van der Waals surface area contributed by atoms with Crippen LogP contribution in [0.2, 0.25) is 0 Å². The lowest BCUT2D eigenvalue weighted by Gasteiger charge is -2.23. The highest BCUT2D eigenvalue weighted by Crippen LogP contribution is 2.30. The zero-order chi connectivity index (χ0) is 20.3. The Bertz CT molecular complexity index is 846. The number of nitrogens with zero attached hydrogens (tertiary/aromatic N) is 1. The highest BCUT2D eigenvalue weighted by Gasteiger charge is 2.48. The van der Waals surface area contributed by atoms with Crippen LogP contribution in [-0.4, -0.2) is 37.1 Å². The van der Waals surface area contributed by atoms with Gasteiger partial charge in [-0.2, -0.15) is 0 Å². The van der Waals surface area contributed by atoms with Crippen molar-refractivity contribution >= 4 is 11.9 Å². The van der Waals surface area contributed by atoms with Gasteiger partial charge in [0.1, 0.15) is 23.6 Å². The second-order valence-corrected chi connectivity index (χ2v) is 7.31. The number of amides is 3. The van der Waals surface area contributed by atoms with Gasteiger partial charge in [0.15, 0.2) is 0 Å². The molecule has 1 heterocycles. The number of rotatable bonds is 7. The topological polar surface area (TPSA) is 67.9 Å². The van der Waals surface area contributed by atoms with Gasteiger partial charge >= 0.3 is 6.03 Å². The molecule has 0 aliphatic carbocycles. The van der Waals surface area contributed by atoms with Gasteiger partial charge in [0.05, 0.1) is 13.7 Å². The van der Waals surface area contributed by atoms with Crippen molar-refractivity contribution in [2.24, 2.45) is 0 Å². The van der Waals surface area contributed by atoms with Crippen molar-refractivity contribution in [1.82, 2.24) is 10.2 Å². The van der Waals surface area contributed by atoms with E-state index in [0.29, 0.717) is 11.7 Å². The predicted octanol–water partition coefficient (Wildman–Crippen LogP) is 3.66. The minimum atomic E-state index is -1.06. The Morgan fingerprint density at radius 3 is 2.18 bits per heavy atom. The van der Waals surface area contributed by atoms with Crippen molar-refractivity contribution in [2.75, 3.05) is 20.3 Å². The summed E-state index contributed by atoms with van der Waals surface area (Å²) in [6.45, 7) is 6.36. The first-order valence-electron chi connectivity index (χ1n) is 9.36. The Balaban J connectivity index is 1.65. The highest BCUT2D eigenvalue weighted by atomic mass is 16.5. The van der Waals surface area contributed by atoms with Crippen LogP contribution in [0.3, 0.4) is 0 Å². The molecule has 1 unspecified atom stereocenters. The van der Waals surface area contributed by atoms with Gasteiger partial charge in [0.2, 0.25) is 0 Å². The van der Waals surface area contributed by atoms with Crippen LogP contribution in [0.1, 0.15) is 37.8 Å². The molecule has 3 amide bonds. The van der Waals surface area contributed by atoms with Crippen molar-refractivity contribution < 1.29 is 19.1 Å². The molecular formula is C22H26N2O4. The van der Waals surface area contributed by atoms with E-state index in [4.69, 9.17) is 9.47 Å². The number of nitrogens with one attached hydrogen (secondary N) is 1. The number of carbonyl (C=O) groups excluding carboxylic acids is 2. The lowest BCUT2D eigenvalue weighted by Crippen LogP contribution is -2.41. The van der Waals surface area contributed by atoms with Crippen LogP contribution in [0.25, 0.3) is 0 Å². The monoisotopic (exact) mass is 382 g/mol. The van der Waals surface area contributed by atoms with E-state index < -0.39 is 11.6 Å². The molecule has 1 atom stereocenters. The van der Waals surface area contributed by atoms with Gasteiger partial charge in [0, 0.05) is 0 Å². The molecule has 2 aromatic rings. The van der Waals surface area contributed by atoms with E-state index in [1.807, 2.05) is 24.3 Å². The number of hydrogen-bond acceptors (Lipinski definition) is 4. The lowest BCUT2D eigenvalue weighted by atomic mass is 9.90. The number of urea groups is 1. The minimum Gasteiger partial charge on any atom is -0.497 e. The van der Waals surface area contributed by atoms with Crippen LogP contribution in [0, 0.1) is 0 Å². The SMILES string of the molecule is COc1ccc(OCCN2C(=O)NC(C)(c3ccc(C(C)C)cc3)C2=O)cc1. The quantitative estimate of drug-likeness (QED) is 0.742. The maximum Gasteiger partial charge on any atom is 0.325 e. The summed E-state index contributed by atoms with van der Waals surface area (Å²) in [5.41, 5.74) is 0.898. The van der Waals surface area contributed by atoms with Gasteiger partial charge in [0.25, 0.3) is 5.91 Å². The van der Waals surface area contributed by atoms with Crippen molar-refractivity contribution in [3.8, 4) is 11.5 Å². The van der Waals surface area contributed by atoms with Crippen LogP contribution in [0.15, 0.2) is 48.5 Å². The summed E-state index contributed by atoms with van der Waals surface area (Å²) < 4.78 is 10.8. The molecule has 28 heavy (non-hydrogen) atoms. The summed E-state index contributed by atoms with van der Waals surface area (Å²) in [4.78, 5) is 26.6. The van der Waals surface area contributed by atoms with E-state index in [1.165, 1.54) is 10.5 Å². The maximum atomic E-state index is 13.0. The maximum absolute atomic E-state index is 13.0. The molecule has 6 nitrogen and oxygen atoms in total. The van der Waals surface area contributed by atoms with Gasteiger partial charge in [-0.25, -0.2) is 4.79 Å². The van der Waals surface area contributed by atoms with Crippen molar-refractivity contribution in [1.29, 1.82) is 0 Å². The zero-order valence-corrected chi connectivity index (χ0v) is 16.7. The van der Waals surface area contributed by atoms with E-state index >= 15 is 0 Å². The Labute approximate surface area is 165 Å². The Kier molecular flexibility index (Phi) is 5.58. The van der Waals surface area contributed by atoms with Gasteiger partial charge in [-0.05, 0) is 48.2 Å². The summed E-state index contributed by atoms with van der Waals surface area (Å²) in [7, 11) is 1.60. The smallest absolute Gasteiger partial charge is 0.325 e. The highest BCUT2D eigenvalue weighted by molar-refractivity contribution is 6.07. The molecule has 0 radical (unpaired) electrons. The van der Waals surface area contributed by atoms with Gasteiger partial charge in [-0.15, -0.1) is 0 Å². The molecule has 0 saturated carbocycles. The molecule has 0 aromatic heterocycles. The fourth-order valence-corrected chi connectivity index (χ4v) is 3.22. The fourth-order valence-electron chi connectivity index (χ4n) is 3.22. The number of hydrogen-bond donors (Lipinski definition) is 1. The summed E-state index contributed by atoms with van der Waals surface area (Å²) in [5, 5.41) is 2.82. The molecule has 148 valence electrons. The number of imide groups is 1. The fraction of sp³-hybridized carbons (Fsp3) is 0.364. The molecule has 3 rings (SSSR count). The zero-order valence-electron chi connectivity index (χ0n) is 16.7. The average molecular weight is 382 g/mol. The summed E-state index contributed by atoms with van der Waals surface area (Å²) in [6, 6.07) is 14.6. The van der Waals surface area contributed by atoms with Gasteiger partial charge in [-0.1, -0.05) is 38.1 Å². The largest absolute Gasteiger partial charge is 0.497 e. The van der Waals surface area contributed by atoms with Crippen LogP contribution in [0.4, 0.5) is 4.79 Å². The molecule has 1 saturated heterocycles. The number of methoxy groups -OCH3 is 1. The van der Waals surface area contributed by atoms with E-state index in [0.717, 1.165) is 11.3 Å². The molecular weight excluding hydrogens is 356 g/mol. The van der Waals surface area contributed by atoms with Gasteiger partial charge < -0.3 is 14.8 Å². The molecule has 2 aromatic carbocycles. The Morgan fingerprint density at radius 2 is 1.61 bits per heavy atom. The second-order valence-electron chi connectivity index (χ2n) is 7.31. The third kappa shape index (κ3) is 3.81. The van der Waals surface area contributed by atoms with Crippen LogP contribution >= 0.6 is 0 Å². The summed E-state index contributed by atoms with van der Waals surface area (Å²) in [6.07, 6.45) is 0. The Morgan fingerprint density at radius 1 is 1.00 bits per heavy atom. The number of ether oxygens (including phenoxy) is 2. The van der Waals surface area contributed by atoms with Crippen molar-refractivity contribution in [3.05, 3.63) is 59.7 Å². The third-order valence-corrected chi connectivity index (χ3v) is 5.07. The van der Waals surface area contributed by atoms with Crippen LogP contribution < -0.4 is 14.8 Å². The van der Waals surface area contributed by atoms with E-state index in [2.05, 4.69) is 19.2 Å². The molecule has 1 N–H and O–H groups in total. The van der Waals surface area contributed by atoms with Crippen LogP contribution in [0.5, 0.6) is 11.5 Å². The second kappa shape index (κ2) is 7.92. The van der Waals surface area contributed by atoms with Gasteiger partial charge in [-0.3, -0.25) is 9.69 Å². The number of benzene rings is 2. The predicted molar refractivity (Wildman–Crippen MR) is 107 cm³/mol. The van der Waals surface area contributed by atoms with E-state index in [9.17, 15) is 9.59 Å². The normalized spacial score (nSPS) is 19.1. The first-order valence-corrected chi connectivity index (χ1v) is 9.36. The van der Waals surface area contributed by atoms with Crippen molar-refractivity contribution in [3.63, 3.8) is 0 Å². The van der Waals surface area contributed by atoms with Crippen molar-refractivity contribution in [2.45, 2.75) is 32.2 Å². The van der Waals surface area contributed by atoms with Crippen LogP contribution in [-0.2, 0) is 10.3 Å². The average Bonchev–Trinajstić information content (AvgIpc) is 2.92. The molecule has 0 bridgehead atoms. The molecule has 1 fully saturated rings. The third-order valence-electron chi connectivity index (χ3n) is 5.07. The minimum absolute atomic E-state index is 0.177. The first-order chi connectivity index (χ1) is 13.3. The Hall–Kier alpha value is -3.02. The molecule has 1 aliphatic rings.